The van der Waals surface area contributed by atoms with Crippen molar-refractivity contribution in [3.63, 3.8) is 0 Å². The van der Waals surface area contributed by atoms with Gasteiger partial charge in [0, 0.05) is 6.54 Å². The fourth-order valence-corrected chi connectivity index (χ4v) is 2.48. The molecule has 1 N–H and O–H groups in total. The molecule has 1 fully saturated rings. The van der Waals surface area contributed by atoms with E-state index >= 15 is 0 Å². The predicted molar refractivity (Wildman–Crippen MR) is 83.5 cm³/mol. The standard InChI is InChI=1S/C17H20N2O3/c18-13-15(17(20)21)11-14-5-4-6-16(12-14)22-10-9-19-7-2-1-3-8-19/h4-6,11-12H,1-3,7-10H2,(H,20,21). The number of carbonyl (C=O) groups is 1. The van der Waals surface area contributed by atoms with Crippen molar-refractivity contribution in [1.29, 1.82) is 5.26 Å². The third-order valence-corrected chi connectivity index (χ3v) is 3.64. The van der Waals surface area contributed by atoms with Gasteiger partial charge in [-0.25, -0.2) is 4.79 Å². The molecule has 22 heavy (non-hydrogen) atoms. The molecule has 0 amide bonds. The molecule has 0 atom stereocenters. The van der Waals surface area contributed by atoms with E-state index in [4.69, 9.17) is 15.1 Å². The summed E-state index contributed by atoms with van der Waals surface area (Å²) in [4.78, 5) is 13.2. The molecular weight excluding hydrogens is 280 g/mol. The second-order valence-corrected chi connectivity index (χ2v) is 5.30. The zero-order valence-electron chi connectivity index (χ0n) is 12.5. The van der Waals surface area contributed by atoms with Gasteiger partial charge in [-0.15, -0.1) is 0 Å². The molecule has 2 rings (SSSR count). The van der Waals surface area contributed by atoms with Gasteiger partial charge in [0.1, 0.15) is 24.0 Å². The first kappa shape index (κ1) is 16.1. The number of ether oxygens (including phenoxy) is 1. The summed E-state index contributed by atoms with van der Waals surface area (Å²) in [5.41, 5.74) is 0.361. The highest BCUT2D eigenvalue weighted by Crippen LogP contribution is 2.16. The molecule has 0 bridgehead atoms. The molecule has 0 spiro atoms. The van der Waals surface area contributed by atoms with Crippen LogP contribution in [0.25, 0.3) is 6.08 Å². The predicted octanol–water partition coefficient (Wildman–Crippen LogP) is 2.54. The van der Waals surface area contributed by atoms with Crippen LogP contribution in [0, 0.1) is 11.3 Å². The number of carboxylic acids is 1. The summed E-state index contributed by atoms with van der Waals surface area (Å²) in [7, 11) is 0. The SMILES string of the molecule is N#CC(=Cc1cccc(OCCN2CCCCC2)c1)C(=O)O. The van der Waals surface area contributed by atoms with Crippen LogP contribution in [-0.2, 0) is 4.79 Å². The zero-order chi connectivity index (χ0) is 15.8. The van der Waals surface area contributed by atoms with E-state index in [1.165, 1.54) is 25.3 Å². The summed E-state index contributed by atoms with van der Waals surface area (Å²) in [6.07, 6.45) is 5.18. The molecule has 1 aromatic rings. The Kier molecular flexibility index (Phi) is 5.99. The highest BCUT2D eigenvalue weighted by Gasteiger charge is 2.09. The Labute approximate surface area is 130 Å². The number of likely N-dealkylation sites (tertiary alicyclic amines) is 1. The molecule has 1 heterocycles. The monoisotopic (exact) mass is 300 g/mol. The number of hydrogen-bond donors (Lipinski definition) is 1. The summed E-state index contributed by atoms with van der Waals surface area (Å²) >= 11 is 0. The Balaban J connectivity index is 1.91. The van der Waals surface area contributed by atoms with E-state index in [-0.39, 0.29) is 5.57 Å². The Morgan fingerprint density at radius 3 is 2.82 bits per heavy atom. The average molecular weight is 300 g/mol. The molecule has 1 saturated heterocycles. The number of benzene rings is 1. The zero-order valence-corrected chi connectivity index (χ0v) is 12.5. The first-order chi connectivity index (χ1) is 10.7. The Bertz CT molecular complexity index is 584. The largest absolute Gasteiger partial charge is 0.492 e. The van der Waals surface area contributed by atoms with Gasteiger partial charge in [-0.2, -0.15) is 5.26 Å². The maximum Gasteiger partial charge on any atom is 0.346 e. The van der Waals surface area contributed by atoms with Gasteiger partial charge in [0.15, 0.2) is 0 Å². The van der Waals surface area contributed by atoms with E-state index in [9.17, 15) is 4.79 Å². The number of aliphatic carboxylic acids is 1. The highest BCUT2D eigenvalue weighted by molar-refractivity contribution is 5.96. The lowest BCUT2D eigenvalue weighted by Gasteiger charge is -2.26. The van der Waals surface area contributed by atoms with E-state index in [0.717, 1.165) is 19.6 Å². The molecule has 0 aliphatic carbocycles. The number of hydrogen-bond acceptors (Lipinski definition) is 4. The van der Waals surface area contributed by atoms with E-state index in [0.29, 0.717) is 17.9 Å². The summed E-state index contributed by atoms with van der Waals surface area (Å²) in [5.74, 6) is -0.535. The number of nitriles is 1. The van der Waals surface area contributed by atoms with Crippen molar-refractivity contribution in [3.05, 3.63) is 35.4 Å². The lowest BCUT2D eigenvalue weighted by atomic mass is 10.1. The molecule has 116 valence electrons. The summed E-state index contributed by atoms with van der Waals surface area (Å²) in [6.45, 7) is 3.78. The second kappa shape index (κ2) is 8.20. The van der Waals surface area contributed by atoms with Gasteiger partial charge in [0.2, 0.25) is 0 Å². The topological polar surface area (TPSA) is 73.6 Å². The van der Waals surface area contributed by atoms with Crippen molar-refractivity contribution in [2.75, 3.05) is 26.2 Å². The molecule has 1 aliphatic rings. The van der Waals surface area contributed by atoms with E-state index in [1.54, 1.807) is 24.3 Å². The maximum atomic E-state index is 10.8. The van der Waals surface area contributed by atoms with Crippen LogP contribution in [0.2, 0.25) is 0 Å². The van der Waals surface area contributed by atoms with Crippen molar-refractivity contribution in [1.82, 2.24) is 4.90 Å². The van der Waals surface area contributed by atoms with Gasteiger partial charge < -0.3 is 9.84 Å². The number of nitrogens with zero attached hydrogens (tertiary/aromatic N) is 2. The van der Waals surface area contributed by atoms with Crippen molar-refractivity contribution in [2.45, 2.75) is 19.3 Å². The summed E-state index contributed by atoms with van der Waals surface area (Å²) in [5, 5.41) is 17.6. The second-order valence-electron chi connectivity index (χ2n) is 5.30. The van der Waals surface area contributed by atoms with Crippen LogP contribution in [0.5, 0.6) is 5.75 Å². The fraction of sp³-hybridized carbons (Fsp3) is 0.412. The average Bonchev–Trinajstić information content (AvgIpc) is 2.54. The minimum absolute atomic E-state index is 0.287. The molecule has 0 aromatic heterocycles. The smallest absolute Gasteiger partial charge is 0.346 e. The van der Waals surface area contributed by atoms with Crippen LogP contribution in [-0.4, -0.2) is 42.2 Å². The van der Waals surface area contributed by atoms with Crippen LogP contribution < -0.4 is 4.74 Å². The van der Waals surface area contributed by atoms with Gasteiger partial charge in [-0.05, 0) is 49.7 Å². The molecule has 0 saturated carbocycles. The molecule has 5 heteroatoms. The van der Waals surface area contributed by atoms with Gasteiger partial charge in [0.05, 0.1) is 0 Å². The van der Waals surface area contributed by atoms with Gasteiger partial charge in [-0.1, -0.05) is 18.6 Å². The number of piperidine rings is 1. The molecular formula is C17H20N2O3. The quantitative estimate of drug-likeness (QED) is 0.645. The molecule has 0 unspecified atom stereocenters. The third-order valence-electron chi connectivity index (χ3n) is 3.64. The van der Waals surface area contributed by atoms with E-state index < -0.39 is 5.97 Å². The van der Waals surface area contributed by atoms with Crippen molar-refractivity contribution < 1.29 is 14.6 Å². The van der Waals surface area contributed by atoms with Crippen LogP contribution in [0.15, 0.2) is 29.8 Å². The molecule has 0 radical (unpaired) electrons. The first-order valence-electron chi connectivity index (χ1n) is 7.49. The van der Waals surface area contributed by atoms with E-state index in [2.05, 4.69) is 4.90 Å². The molecule has 1 aromatic carbocycles. The molecule has 5 nitrogen and oxygen atoms in total. The lowest BCUT2D eigenvalue weighted by Crippen LogP contribution is -2.33. The Hall–Kier alpha value is -2.32. The Morgan fingerprint density at radius 2 is 2.14 bits per heavy atom. The van der Waals surface area contributed by atoms with E-state index in [1.807, 2.05) is 6.07 Å². The highest BCUT2D eigenvalue weighted by atomic mass is 16.5. The van der Waals surface area contributed by atoms with Gasteiger partial charge in [0.25, 0.3) is 0 Å². The normalized spacial score (nSPS) is 16.0. The summed E-state index contributed by atoms with van der Waals surface area (Å²) in [6, 6.07) is 8.79. The minimum Gasteiger partial charge on any atom is -0.492 e. The fourth-order valence-electron chi connectivity index (χ4n) is 2.48. The lowest BCUT2D eigenvalue weighted by molar-refractivity contribution is -0.132. The van der Waals surface area contributed by atoms with Gasteiger partial charge >= 0.3 is 5.97 Å². The van der Waals surface area contributed by atoms with Crippen molar-refractivity contribution >= 4 is 12.0 Å². The van der Waals surface area contributed by atoms with Gasteiger partial charge in [-0.3, -0.25) is 4.90 Å². The van der Waals surface area contributed by atoms with Crippen molar-refractivity contribution in [2.24, 2.45) is 0 Å². The van der Waals surface area contributed by atoms with Crippen LogP contribution in [0.4, 0.5) is 0 Å². The van der Waals surface area contributed by atoms with Crippen LogP contribution in [0.3, 0.4) is 0 Å². The molecule has 1 aliphatic heterocycles. The minimum atomic E-state index is -1.22. The maximum absolute atomic E-state index is 10.8. The third kappa shape index (κ3) is 4.90. The van der Waals surface area contributed by atoms with Crippen LogP contribution >= 0.6 is 0 Å². The Morgan fingerprint density at radius 1 is 1.36 bits per heavy atom. The first-order valence-corrected chi connectivity index (χ1v) is 7.49. The number of carboxylic acid groups (broad SMARTS) is 1. The summed E-state index contributed by atoms with van der Waals surface area (Å²) < 4.78 is 5.72. The number of rotatable bonds is 6. The van der Waals surface area contributed by atoms with Crippen LogP contribution in [0.1, 0.15) is 24.8 Å². The van der Waals surface area contributed by atoms with Crippen molar-refractivity contribution in [3.8, 4) is 11.8 Å².